The van der Waals surface area contributed by atoms with Crippen LogP contribution in [0.5, 0.6) is 0 Å². The van der Waals surface area contributed by atoms with Crippen molar-refractivity contribution in [3.05, 3.63) is 30.1 Å². The summed E-state index contributed by atoms with van der Waals surface area (Å²) in [5, 5.41) is 18.5. The first-order chi connectivity index (χ1) is 8.58. The van der Waals surface area contributed by atoms with Crippen molar-refractivity contribution in [2.75, 3.05) is 6.54 Å². The van der Waals surface area contributed by atoms with E-state index in [2.05, 4.69) is 4.98 Å². The molecule has 2 atom stereocenters. The second kappa shape index (κ2) is 5.14. The van der Waals surface area contributed by atoms with Crippen LogP contribution in [0.3, 0.4) is 0 Å². The Balaban J connectivity index is 2.06. The van der Waals surface area contributed by atoms with Crippen LogP contribution in [0.2, 0.25) is 0 Å². The Hall–Kier alpha value is -1.95. The van der Waals surface area contributed by atoms with Gasteiger partial charge in [-0.05, 0) is 12.1 Å². The van der Waals surface area contributed by atoms with E-state index in [9.17, 15) is 14.7 Å². The molecule has 96 valence electrons. The second-order valence-corrected chi connectivity index (χ2v) is 4.29. The average Bonchev–Trinajstić information content (AvgIpc) is 2.73. The molecule has 0 unspecified atom stereocenters. The molecule has 1 aromatic rings. The molecule has 0 bridgehead atoms. The van der Waals surface area contributed by atoms with E-state index in [0.29, 0.717) is 5.69 Å². The number of amides is 1. The first-order valence-electron chi connectivity index (χ1n) is 5.68. The summed E-state index contributed by atoms with van der Waals surface area (Å²) in [7, 11) is 0. The molecular formula is C12H14N2O4. The maximum Gasteiger partial charge on any atom is 0.326 e. The van der Waals surface area contributed by atoms with Crippen molar-refractivity contribution in [3.8, 4) is 0 Å². The van der Waals surface area contributed by atoms with Gasteiger partial charge in [0.25, 0.3) is 0 Å². The number of carbonyl (C=O) groups is 2. The second-order valence-electron chi connectivity index (χ2n) is 4.29. The number of hydrogen-bond donors (Lipinski definition) is 2. The number of carboxylic acids is 1. The number of nitrogens with zero attached hydrogens (tertiary/aromatic N) is 2. The smallest absolute Gasteiger partial charge is 0.326 e. The first kappa shape index (κ1) is 12.5. The molecule has 0 radical (unpaired) electrons. The minimum absolute atomic E-state index is 0.0529. The lowest BCUT2D eigenvalue weighted by molar-refractivity contribution is -0.148. The number of β-amino-alcohol motifs (C(OH)–C–C–N with tert-alkyl or cyclic N) is 1. The van der Waals surface area contributed by atoms with Crippen LogP contribution < -0.4 is 0 Å². The fourth-order valence-corrected chi connectivity index (χ4v) is 2.08. The minimum Gasteiger partial charge on any atom is -0.480 e. The number of rotatable bonds is 3. The molecule has 0 aromatic carbocycles. The molecule has 2 rings (SSSR count). The molecule has 1 aliphatic rings. The van der Waals surface area contributed by atoms with E-state index in [1.807, 2.05) is 0 Å². The highest BCUT2D eigenvalue weighted by molar-refractivity contribution is 5.85. The summed E-state index contributed by atoms with van der Waals surface area (Å²) in [4.78, 5) is 28.2. The van der Waals surface area contributed by atoms with E-state index in [0.717, 1.165) is 0 Å². The lowest BCUT2D eigenvalue weighted by Crippen LogP contribution is -2.41. The molecule has 0 saturated carbocycles. The van der Waals surface area contributed by atoms with Gasteiger partial charge in [-0.1, -0.05) is 6.07 Å². The maximum atomic E-state index is 12.0. The average molecular weight is 250 g/mol. The van der Waals surface area contributed by atoms with Crippen molar-refractivity contribution in [1.29, 1.82) is 0 Å². The zero-order valence-corrected chi connectivity index (χ0v) is 9.69. The Morgan fingerprint density at radius 2 is 2.22 bits per heavy atom. The van der Waals surface area contributed by atoms with Gasteiger partial charge >= 0.3 is 5.97 Å². The molecule has 2 heterocycles. The highest BCUT2D eigenvalue weighted by Gasteiger charge is 2.38. The predicted octanol–water partition coefficient (Wildman–Crippen LogP) is -0.330. The van der Waals surface area contributed by atoms with Crippen molar-refractivity contribution >= 4 is 11.9 Å². The molecular weight excluding hydrogens is 236 g/mol. The summed E-state index contributed by atoms with van der Waals surface area (Å²) in [6.07, 6.45) is 0.954. The first-order valence-corrected chi connectivity index (χ1v) is 5.68. The van der Waals surface area contributed by atoms with Gasteiger partial charge < -0.3 is 15.1 Å². The van der Waals surface area contributed by atoms with Crippen molar-refractivity contribution in [1.82, 2.24) is 9.88 Å². The van der Waals surface area contributed by atoms with E-state index in [-0.39, 0.29) is 25.3 Å². The highest BCUT2D eigenvalue weighted by atomic mass is 16.4. The topological polar surface area (TPSA) is 90.7 Å². The number of aliphatic hydroxyl groups excluding tert-OH is 1. The van der Waals surface area contributed by atoms with Crippen molar-refractivity contribution in [3.63, 3.8) is 0 Å². The summed E-state index contributed by atoms with van der Waals surface area (Å²) in [5.74, 6) is -1.40. The number of pyridine rings is 1. The molecule has 0 aliphatic carbocycles. The summed E-state index contributed by atoms with van der Waals surface area (Å²) >= 11 is 0. The Bertz CT molecular complexity index is 449. The molecule has 1 aromatic heterocycles. The van der Waals surface area contributed by atoms with Gasteiger partial charge in [0, 0.05) is 24.9 Å². The number of aliphatic hydroxyl groups is 1. The van der Waals surface area contributed by atoms with Gasteiger partial charge in [-0.2, -0.15) is 0 Å². The number of aliphatic carboxylic acids is 1. The Morgan fingerprint density at radius 3 is 2.83 bits per heavy atom. The van der Waals surface area contributed by atoms with Gasteiger partial charge in [0.15, 0.2) is 0 Å². The molecule has 0 spiro atoms. The maximum absolute atomic E-state index is 12.0. The van der Waals surface area contributed by atoms with Gasteiger partial charge in [-0.25, -0.2) is 4.79 Å². The lowest BCUT2D eigenvalue weighted by Gasteiger charge is -2.20. The molecule has 6 nitrogen and oxygen atoms in total. The highest BCUT2D eigenvalue weighted by Crippen LogP contribution is 2.19. The zero-order chi connectivity index (χ0) is 13.1. The third-order valence-corrected chi connectivity index (χ3v) is 2.94. The Morgan fingerprint density at radius 1 is 1.44 bits per heavy atom. The molecule has 1 saturated heterocycles. The van der Waals surface area contributed by atoms with Crippen LogP contribution in [-0.4, -0.2) is 50.7 Å². The normalized spacial score (nSPS) is 23.1. The van der Waals surface area contributed by atoms with Crippen molar-refractivity contribution in [2.45, 2.75) is 25.0 Å². The van der Waals surface area contributed by atoms with Gasteiger partial charge in [0.2, 0.25) is 5.91 Å². The van der Waals surface area contributed by atoms with E-state index in [4.69, 9.17) is 5.11 Å². The molecule has 1 aliphatic heterocycles. The number of aromatic nitrogens is 1. The van der Waals surface area contributed by atoms with Crippen LogP contribution in [0.25, 0.3) is 0 Å². The molecule has 1 amide bonds. The van der Waals surface area contributed by atoms with Gasteiger partial charge in [0.05, 0.1) is 12.5 Å². The number of hydrogen-bond acceptors (Lipinski definition) is 4. The predicted molar refractivity (Wildman–Crippen MR) is 61.7 cm³/mol. The summed E-state index contributed by atoms with van der Waals surface area (Å²) < 4.78 is 0. The number of carbonyl (C=O) groups excluding carboxylic acids is 1. The zero-order valence-electron chi connectivity index (χ0n) is 9.69. The van der Waals surface area contributed by atoms with Gasteiger partial charge in [0.1, 0.15) is 6.04 Å². The monoisotopic (exact) mass is 250 g/mol. The fraction of sp³-hybridized carbons (Fsp3) is 0.417. The number of carboxylic acid groups (broad SMARTS) is 1. The van der Waals surface area contributed by atoms with Crippen LogP contribution >= 0.6 is 0 Å². The summed E-state index contributed by atoms with van der Waals surface area (Å²) in [5.41, 5.74) is 0.591. The van der Waals surface area contributed by atoms with Crippen LogP contribution in [0, 0.1) is 0 Å². The molecule has 6 heteroatoms. The van der Waals surface area contributed by atoms with Gasteiger partial charge in [-0.15, -0.1) is 0 Å². The Kier molecular flexibility index (Phi) is 3.57. The van der Waals surface area contributed by atoms with E-state index < -0.39 is 18.1 Å². The minimum atomic E-state index is -1.08. The third kappa shape index (κ3) is 2.65. The SMILES string of the molecule is O=C(O)[C@H]1C[C@@H](O)CN1C(=O)Cc1ccccn1. The van der Waals surface area contributed by atoms with E-state index >= 15 is 0 Å². The van der Waals surface area contributed by atoms with Crippen molar-refractivity contribution in [2.24, 2.45) is 0 Å². The largest absolute Gasteiger partial charge is 0.480 e. The summed E-state index contributed by atoms with van der Waals surface area (Å²) in [6, 6.07) is 4.29. The molecule has 2 N–H and O–H groups in total. The quantitative estimate of drug-likeness (QED) is 0.766. The van der Waals surface area contributed by atoms with E-state index in [1.165, 1.54) is 4.90 Å². The van der Waals surface area contributed by atoms with Crippen LogP contribution in [0.15, 0.2) is 24.4 Å². The van der Waals surface area contributed by atoms with Gasteiger partial charge in [-0.3, -0.25) is 9.78 Å². The van der Waals surface area contributed by atoms with Crippen LogP contribution in [0.1, 0.15) is 12.1 Å². The fourth-order valence-electron chi connectivity index (χ4n) is 2.08. The standard InChI is InChI=1S/C12H14N2O4/c15-9-6-10(12(17)18)14(7-9)11(16)5-8-3-1-2-4-13-8/h1-4,9-10,15H,5-7H2,(H,17,18)/t9-,10-/m1/s1. The third-order valence-electron chi connectivity index (χ3n) is 2.94. The molecule has 1 fully saturated rings. The van der Waals surface area contributed by atoms with Crippen molar-refractivity contribution < 1.29 is 19.8 Å². The lowest BCUT2D eigenvalue weighted by atomic mass is 10.2. The number of likely N-dealkylation sites (tertiary alicyclic amines) is 1. The van der Waals surface area contributed by atoms with Crippen LogP contribution in [-0.2, 0) is 16.0 Å². The summed E-state index contributed by atoms with van der Waals surface area (Å²) in [6.45, 7) is 0.0721. The Labute approximate surface area is 104 Å². The molecule has 18 heavy (non-hydrogen) atoms. The van der Waals surface area contributed by atoms with E-state index in [1.54, 1.807) is 24.4 Å². The van der Waals surface area contributed by atoms with Crippen LogP contribution in [0.4, 0.5) is 0 Å².